The van der Waals surface area contributed by atoms with E-state index >= 15 is 0 Å². The zero-order valence-corrected chi connectivity index (χ0v) is 36.5. The maximum absolute atomic E-state index is 11.4. The molecule has 27 heteroatoms. The third-order valence-corrected chi connectivity index (χ3v) is 7.11. The second kappa shape index (κ2) is 42.1. The third kappa shape index (κ3) is 51.5. The predicted molar refractivity (Wildman–Crippen MR) is 225 cm³/mol. The van der Waals surface area contributed by atoms with Crippen LogP contribution in [0.2, 0.25) is 0 Å². The molecule has 360 valence electrons. The zero-order chi connectivity index (χ0) is 49.6. The van der Waals surface area contributed by atoms with Gasteiger partial charge < -0.3 is 92.3 Å². The summed E-state index contributed by atoms with van der Waals surface area (Å²) >= 11 is 1.58. The van der Waals surface area contributed by atoms with E-state index in [0.29, 0.717) is 31.7 Å². The number of amides is 1. The van der Waals surface area contributed by atoms with Gasteiger partial charge in [-0.2, -0.15) is 11.8 Å². The van der Waals surface area contributed by atoms with Crippen molar-refractivity contribution in [1.29, 1.82) is 0 Å². The number of carbonyl (C=O) groups is 9. The number of rotatable bonds is 22. The van der Waals surface area contributed by atoms with Gasteiger partial charge in [0.15, 0.2) is 0 Å². The molecule has 0 aromatic rings. The van der Waals surface area contributed by atoms with Gasteiger partial charge in [0, 0.05) is 0 Å². The number of hydrogen-bond acceptors (Lipinski definition) is 21. The first kappa shape index (κ1) is 68.2. The van der Waals surface area contributed by atoms with E-state index in [1.807, 2.05) is 20.1 Å². The summed E-state index contributed by atoms with van der Waals surface area (Å²) in [5, 5.41) is 40.6. The Labute approximate surface area is 359 Å². The highest BCUT2D eigenvalue weighted by Crippen LogP contribution is 2.04. The van der Waals surface area contributed by atoms with Gasteiger partial charge in [-0.05, 0) is 63.0 Å². The second-order valence-corrected chi connectivity index (χ2v) is 14.3. The molecule has 25 N–H and O–H groups in total. The molecule has 0 bridgehead atoms. The molecule has 26 nitrogen and oxygen atoms in total. The van der Waals surface area contributed by atoms with E-state index in [4.69, 9.17) is 71.4 Å². The summed E-state index contributed by atoms with van der Waals surface area (Å²) in [4.78, 5) is 92.9. The van der Waals surface area contributed by atoms with Gasteiger partial charge in [-0.25, -0.2) is 9.59 Å². The van der Waals surface area contributed by atoms with Gasteiger partial charge in [0.05, 0.1) is 13.0 Å². The summed E-state index contributed by atoms with van der Waals surface area (Å²) in [6, 6.07) is -6.05. The molecule has 0 saturated heterocycles. The highest BCUT2D eigenvalue weighted by atomic mass is 32.2. The van der Waals surface area contributed by atoms with Crippen molar-refractivity contribution in [3.8, 4) is 0 Å². The minimum absolute atomic E-state index is 0.0669. The maximum atomic E-state index is 11.4. The van der Waals surface area contributed by atoms with Crippen LogP contribution in [0, 0.1) is 11.8 Å². The molecule has 0 heterocycles. The molecular formula is C34H72N10O16S. The molecule has 0 unspecified atom stereocenters. The van der Waals surface area contributed by atoms with Gasteiger partial charge in [-0.3, -0.25) is 33.6 Å². The molecule has 0 fully saturated rings. The molecular weight excluding hydrogens is 836 g/mol. The van der Waals surface area contributed by atoms with Crippen molar-refractivity contribution in [2.24, 2.45) is 69.2 Å². The summed E-state index contributed by atoms with van der Waals surface area (Å²) in [5.74, 6) is -6.97. The summed E-state index contributed by atoms with van der Waals surface area (Å²) in [6.07, 6.45) is 4.81. The van der Waals surface area contributed by atoms with Crippen molar-refractivity contribution in [2.75, 3.05) is 31.7 Å². The monoisotopic (exact) mass is 908 g/mol. The number of carboxylic acids is 5. The lowest BCUT2D eigenvalue weighted by Gasteiger charge is -2.15. The van der Waals surface area contributed by atoms with Crippen molar-refractivity contribution in [1.82, 2.24) is 0 Å². The van der Waals surface area contributed by atoms with Gasteiger partial charge in [0.25, 0.3) is 0 Å². The van der Waals surface area contributed by atoms with Crippen LogP contribution < -0.4 is 57.3 Å². The highest BCUT2D eigenvalue weighted by Gasteiger charge is 2.25. The number of ether oxygens (including phenoxy) is 2. The molecule has 0 aromatic carbocycles. The lowest BCUT2D eigenvalue weighted by Crippen LogP contribution is -2.42. The highest BCUT2D eigenvalue weighted by molar-refractivity contribution is 7.98. The van der Waals surface area contributed by atoms with Crippen LogP contribution in [0.15, 0.2) is 0 Å². The van der Waals surface area contributed by atoms with Crippen molar-refractivity contribution < 1.29 is 78.2 Å². The van der Waals surface area contributed by atoms with Crippen molar-refractivity contribution in [2.45, 2.75) is 115 Å². The van der Waals surface area contributed by atoms with Gasteiger partial charge in [0.1, 0.15) is 48.9 Å². The van der Waals surface area contributed by atoms with Crippen LogP contribution >= 0.6 is 11.8 Å². The molecule has 61 heavy (non-hydrogen) atoms. The Bertz CT molecular complexity index is 1280. The van der Waals surface area contributed by atoms with Crippen LogP contribution in [0.4, 0.5) is 0 Å². The lowest BCUT2D eigenvalue weighted by atomic mass is 10.1. The van der Waals surface area contributed by atoms with E-state index in [1.54, 1.807) is 25.6 Å². The van der Waals surface area contributed by atoms with E-state index in [-0.39, 0.29) is 25.5 Å². The van der Waals surface area contributed by atoms with Crippen molar-refractivity contribution in [3.05, 3.63) is 0 Å². The van der Waals surface area contributed by atoms with Crippen LogP contribution in [-0.2, 0) is 52.6 Å². The van der Waals surface area contributed by atoms with Crippen LogP contribution in [0.25, 0.3) is 0 Å². The normalized spacial score (nSPS) is 13.4. The first-order valence-electron chi connectivity index (χ1n) is 18.4. The number of nitrogens with two attached hydrogens (primary N) is 10. The van der Waals surface area contributed by atoms with Crippen LogP contribution in [0.3, 0.4) is 0 Å². The average molecular weight is 909 g/mol. The molecule has 0 aromatic heterocycles. The second-order valence-electron chi connectivity index (χ2n) is 13.3. The first-order chi connectivity index (χ1) is 27.9. The number of esters is 3. The summed E-state index contributed by atoms with van der Waals surface area (Å²) in [7, 11) is 0. The number of primary amides is 1. The van der Waals surface area contributed by atoms with E-state index in [2.05, 4.69) is 20.9 Å². The molecule has 0 saturated carbocycles. The largest absolute Gasteiger partial charge is 0.480 e. The Morgan fingerprint density at radius 1 is 0.590 bits per heavy atom. The quantitative estimate of drug-likeness (QED) is 0.0277. The van der Waals surface area contributed by atoms with Crippen LogP contribution in [0.1, 0.15) is 73.1 Å². The Morgan fingerprint density at radius 3 is 1.31 bits per heavy atom. The van der Waals surface area contributed by atoms with Crippen LogP contribution in [-0.4, -0.2) is 153 Å². The fourth-order valence-electron chi connectivity index (χ4n) is 2.80. The van der Waals surface area contributed by atoms with Gasteiger partial charge >= 0.3 is 47.8 Å². The van der Waals surface area contributed by atoms with E-state index in [9.17, 15) is 43.2 Å². The fourth-order valence-corrected chi connectivity index (χ4v) is 3.29. The summed E-state index contributed by atoms with van der Waals surface area (Å²) < 4.78 is 9.05. The predicted octanol–water partition coefficient (Wildman–Crippen LogP) is -4.32. The van der Waals surface area contributed by atoms with Crippen molar-refractivity contribution >= 4 is 65.4 Å². The smallest absolute Gasteiger partial charge is 0.330 e. The summed E-state index contributed by atoms with van der Waals surface area (Å²) in [6.45, 7) is 8.87. The number of aliphatic carboxylic acids is 5. The molecule has 1 amide bonds. The first-order valence-corrected chi connectivity index (χ1v) is 19.8. The third-order valence-electron chi connectivity index (χ3n) is 6.46. The van der Waals surface area contributed by atoms with Gasteiger partial charge in [-0.15, -0.1) is 0 Å². The molecule has 0 aliphatic carbocycles. The molecule has 0 spiro atoms. The number of thioether (sulfide) groups is 1. The standard InChI is InChI=1S/C10H20N2O3S.C6H12N2O4.C6H14N2O2.C6H13NO2.C4H8N2O3.C2H5NO2/c1-6(2)8(12)10(14)15-9(13)7(11)4-5-16-3;1-3(7)6(11)12-2-4(8)5(9)10;7-4-2-1-3-5(8)6(9)10;1-4(2)3-5(7)6(8)9;5-2(4(8)9)1-3(6)7;3-1-2(4)5/h6-8H,4-5,11-12H2,1-3H3;3-4H,2,7-8H2,1H3,(H,9,10);5H,1-4,7-8H2,(H,9,10);4-5H,3,7H2,1-2H3,(H,8,9);2H,1,5H2,(H2,6,7)(H,8,9);1,3H2,(H,4,5)/t7-,8-;3-,4-;2*5-;2-;/m00000./s1. The Balaban J connectivity index is -0.000000153. The van der Waals surface area contributed by atoms with Crippen molar-refractivity contribution in [3.63, 3.8) is 0 Å². The average Bonchev–Trinajstić information content (AvgIpc) is 3.15. The minimum atomic E-state index is -1.22. The Kier molecular flexibility index (Phi) is 47.1. The molecule has 0 aliphatic rings. The van der Waals surface area contributed by atoms with E-state index < -0.39 is 96.0 Å². The minimum Gasteiger partial charge on any atom is -0.480 e. The fraction of sp³-hybridized carbons (Fsp3) is 0.735. The number of hydrogen-bond donors (Lipinski definition) is 15. The van der Waals surface area contributed by atoms with Gasteiger partial charge in [0.2, 0.25) is 5.91 Å². The number of carbonyl (C=O) groups excluding carboxylic acids is 4. The van der Waals surface area contributed by atoms with Gasteiger partial charge in [-0.1, -0.05) is 34.1 Å². The SMILES string of the molecule is CC(C)C[C@H](N)C(=O)O.CSCC[C@H](N)C(=O)OC(=O)[C@@H](N)C(C)C.C[C@H](N)C(=O)OC[C@H](N)C(=O)O.NC(=O)C[C@H](N)C(=O)O.NCC(=O)O.NCCCC[C@H](N)C(=O)O. The lowest BCUT2D eigenvalue weighted by molar-refractivity contribution is -0.162. The number of unbranched alkanes of at least 4 members (excludes halogenated alkanes) is 1. The topological polar surface area (TPSA) is 533 Å². The molecule has 7 atom stereocenters. The van der Waals surface area contributed by atoms with E-state index in [0.717, 1.165) is 18.6 Å². The molecule has 0 radical (unpaired) electrons. The Morgan fingerprint density at radius 2 is 1.03 bits per heavy atom. The van der Waals surface area contributed by atoms with Crippen LogP contribution in [0.5, 0.6) is 0 Å². The Hall–Kier alpha value is -4.58. The molecule has 0 aliphatic heterocycles. The van der Waals surface area contributed by atoms with E-state index in [1.165, 1.54) is 6.92 Å². The maximum Gasteiger partial charge on any atom is 0.330 e. The molecule has 0 rings (SSSR count). The summed E-state index contributed by atoms with van der Waals surface area (Å²) in [5.41, 5.74) is 51.0. The number of carboxylic acid groups (broad SMARTS) is 5. The zero-order valence-electron chi connectivity index (χ0n) is 35.7.